The van der Waals surface area contributed by atoms with Crippen LogP contribution in [-0.2, 0) is 56.8 Å². The molecular formula is C51H58BClN8O16S3. The van der Waals surface area contributed by atoms with Gasteiger partial charge >= 0.3 is 42.3 Å². The molecule has 5 amide bonds. The minimum Gasteiger partial charge on any atom is -0.541 e. The minimum absolute atomic E-state index is 0.0233. The summed E-state index contributed by atoms with van der Waals surface area (Å²) in [6.07, 6.45) is -0.666. The van der Waals surface area contributed by atoms with Crippen molar-refractivity contribution in [2.75, 3.05) is 40.4 Å². The Labute approximate surface area is 476 Å². The number of hydrazine groups is 1. The first-order chi connectivity index (χ1) is 37.8. The first-order valence-corrected chi connectivity index (χ1v) is 28.3. The fourth-order valence-electron chi connectivity index (χ4n) is 8.27. The highest BCUT2D eigenvalue weighted by atomic mass is 35.5. The van der Waals surface area contributed by atoms with E-state index < -0.39 is 92.0 Å². The third-order valence-corrected chi connectivity index (χ3v) is 16.3. The molecule has 29 heteroatoms. The lowest BCUT2D eigenvalue weighted by atomic mass is 9.90. The maximum absolute atomic E-state index is 14.0. The first kappa shape index (κ1) is 60.5. The number of aryl methyl sites for hydroxylation is 1. The van der Waals surface area contributed by atoms with Gasteiger partial charge in [-0.05, 0) is 95.5 Å². The highest BCUT2D eigenvalue weighted by Crippen LogP contribution is 2.53. The number of hydrogen-bond acceptors (Lipinski definition) is 20. The number of nitrogens with one attached hydrogen (secondary N) is 3. The molecule has 3 saturated heterocycles. The molecule has 2 radical (unpaired) electrons. The minimum atomic E-state index is -4.59. The molecule has 3 N–H and O–H groups in total. The van der Waals surface area contributed by atoms with Crippen LogP contribution in [0.25, 0.3) is 0 Å². The van der Waals surface area contributed by atoms with Gasteiger partial charge in [-0.3, -0.25) is 24.1 Å². The van der Waals surface area contributed by atoms with Gasteiger partial charge in [-0.2, -0.15) is 13.1 Å². The molecule has 0 aliphatic carbocycles. The van der Waals surface area contributed by atoms with Crippen molar-refractivity contribution in [1.29, 1.82) is 0 Å². The zero-order valence-electron chi connectivity index (χ0n) is 44.8. The maximum atomic E-state index is 14.0. The van der Waals surface area contributed by atoms with Crippen LogP contribution >= 0.6 is 34.7 Å². The van der Waals surface area contributed by atoms with Crippen molar-refractivity contribution in [2.24, 2.45) is 11.1 Å². The molecule has 0 spiro atoms. The van der Waals surface area contributed by atoms with Crippen molar-refractivity contribution >= 4 is 100 Å². The standard InChI is InChI=1S/C51H58BClN8O16S3/c1-29-55-36(27-78-29)41(57-77-50(5,6)45(65)75-49(2,3)4)38(63)24-35-43(64)59-28-51(46(66)76-52,79-44(35)59)60-22-23-61(48(60)68)56-47(67)58-80(69,70)54-21-9-10-37(62)34-19-20-39(73-25-30-11-15-32(71-7)16-12-30)42(40(34)53)74-26-31-13-17-33(72-8)18-14-31/h11-20,27,35,44,54H,9-10,21-26,28H2,1-8H3,(H2,56,58,67)/b57-41-/t35?,44-,51-/m1/s1. The molecule has 24 nitrogen and oxygen atoms in total. The van der Waals surface area contributed by atoms with E-state index in [2.05, 4.69) is 24.9 Å². The molecule has 3 atom stereocenters. The van der Waals surface area contributed by atoms with Crippen LogP contribution in [0.5, 0.6) is 23.0 Å². The lowest BCUT2D eigenvalue weighted by Crippen LogP contribution is -2.60. The number of Topliss-reactive ketones (excluding diaryl/α,β-unsaturated/α-hetero) is 2. The van der Waals surface area contributed by atoms with Crippen LogP contribution in [0.3, 0.4) is 0 Å². The molecule has 3 aliphatic rings. The van der Waals surface area contributed by atoms with Gasteiger partial charge in [0.05, 0.1) is 48.6 Å². The predicted octanol–water partition coefficient (Wildman–Crippen LogP) is 5.38. The van der Waals surface area contributed by atoms with Gasteiger partial charge in [-0.25, -0.2) is 34.5 Å². The number of fused-ring (bicyclic) bond motifs is 1. The second-order valence-corrected chi connectivity index (χ2v) is 24.1. The Morgan fingerprint density at radius 3 is 2.14 bits per heavy atom. The summed E-state index contributed by atoms with van der Waals surface area (Å²) >= 11 is 8.87. The number of ether oxygens (including phenoxy) is 5. The SMILES string of the molecule is [B]OC(=O)[C@@]1(N2CCN(NC(=O)NS(=O)(=O)NCCCC(=O)c3ccc(OCc4ccc(OC)cc4)c(OCc4ccc(OC)cc4)c3Cl)C2=O)CN2C(=O)C(CC(=O)/C(=N\OC(C)(C)C(=O)OC(C)(C)C)c3csc(C)n3)[C@H]2S1. The summed E-state index contributed by atoms with van der Waals surface area (Å²) in [7, 11) is 3.90. The first-order valence-electron chi connectivity index (χ1n) is 24.7. The number of halogens is 1. The fourth-order valence-corrected chi connectivity index (χ4v) is 11.7. The monoisotopic (exact) mass is 1180 g/mol. The summed E-state index contributed by atoms with van der Waals surface area (Å²) in [4.78, 5) is 105. The maximum Gasteiger partial charge on any atom is 0.378 e. The third-order valence-electron chi connectivity index (χ3n) is 12.4. The summed E-state index contributed by atoms with van der Waals surface area (Å²) in [6.45, 7) is 8.54. The molecule has 1 unspecified atom stereocenters. The van der Waals surface area contributed by atoms with Gasteiger partial charge in [0.1, 0.15) is 36.0 Å². The normalized spacial score (nSPS) is 18.2. The van der Waals surface area contributed by atoms with Gasteiger partial charge in [-0.1, -0.05) is 52.8 Å². The van der Waals surface area contributed by atoms with Gasteiger partial charge in [0.2, 0.25) is 16.4 Å². The molecule has 0 bridgehead atoms. The van der Waals surface area contributed by atoms with E-state index in [-0.39, 0.29) is 79.2 Å². The molecule has 3 aliphatic heterocycles. The number of β-lactam (4-membered cyclic amide) rings is 1. The highest BCUT2D eigenvalue weighted by molar-refractivity contribution is 8.02. The number of carbonyl (C=O) groups is 7. The number of oxime groups is 1. The van der Waals surface area contributed by atoms with E-state index in [1.807, 2.05) is 12.1 Å². The predicted molar refractivity (Wildman–Crippen MR) is 292 cm³/mol. The van der Waals surface area contributed by atoms with E-state index in [4.69, 9.17) is 48.2 Å². The van der Waals surface area contributed by atoms with E-state index in [0.717, 1.165) is 32.8 Å². The lowest BCUT2D eigenvalue weighted by Gasteiger charge is -2.40. The number of ketones is 2. The number of carbonyl (C=O) groups excluding carboxylic acids is 7. The largest absolute Gasteiger partial charge is 0.541 e. The summed E-state index contributed by atoms with van der Waals surface area (Å²) in [5, 5.41) is 6.06. The fraction of sp³-hybridized carbons (Fsp3) is 0.431. The van der Waals surface area contributed by atoms with Gasteiger partial charge in [0.15, 0.2) is 28.8 Å². The molecule has 80 heavy (non-hydrogen) atoms. The molecule has 426 valence electrons. The average molecular weight is 1180 g/mol. The molecule has 7 rings (SSSR count). The molecule has 4 heterocycles. The Bertz CT molecular complexity index is 3160. The number of amides is 5. The molecule has 3 aromatic carbocycles. The van der Waals surface area contributed by atoms with Gasteiger partial charge in [0.25, 0.3) is 0 Å². The molecule has 0 saturated carbocycles. The zero-order valence-corrected chi connectivity index (χ0v) is 48.0. The van der Waals surface area contributed by atoms with E-state index in [0.29, 0.717) is 16.5 Å². The molecule has 1 aromatic heterocycles. The summed E-state index contributed by atoms with van der Waals surface area (Å²) < 4.78 is 62.7. The summed E-state index contributed by atoms with van der Waals surface area (Å²) in [6, 6.07) is 15.1. The lowest BCUT2D eigenvalue weighted by molar-refractivity contribution is -0.179. The number of urea groups is 2. The number of nitrogens with zero attached hydrogens (tertiary/aromatic N) is 5. The van der Waals surface area contributed by atoms with E-state index in [9.17, 15) is 42.0 Å². The van der Waals surface area contributed by atoms with Gasteiger partial charge in [0, 0.05) is 36.9 Å². The smallest absolute Gasteiger partial charge is 0.378 e. The third kappa shape index (κ3) is 14.2. The number of thiazole rings is 1. The number of aromatic nitrogens is 1. The number of esters is 1. The summed E-state index contributed by atoms with van der Waals surface area (Å²) in [5.41, 5.74) is 1.22. The number of benzene rings is 3. The van der Waals surface area contributed by atoms with Gasteiger partial charge in [-0.15, -0.1) is 11.3 Å². The Morgan fingerprint density at radius 1 is 0.912 bits per heavy atom. The van der Waals surface area contributed by atoms with Crippen LogP contribution in [0.4, 0.5) is 9.59 Å². The van der Waals surface area contributed by atoms with Gasteiger partial charge < -0.3 is 38.1 Å². The number of thioether (sulfide) groups is 1. The van der Waals surface area contributed by atoms with E-state index >= 15 is 0 Å². The topological polar surface area (TPSA) is 289 Å². The van der Waals surface area contributed by atoms with E-state index in [1.54, 1.807) is 94.5 Å². The Hall–Kier alpha value is -7.14. The van der Waals surface area contributed by atoms with Crippen LogP contribution in [0.2, 0.25) is 5.02 Å². The van der Waals surface area contributed by atoms with Crippen molar-refractivity contribution < 1.29 is 75.2 Å². The van der Waals surface area contributed by atoms with Crippen LogP contribution < -0.4 is 33.8 Å². The Morgan fingerprint density at radius 2 is 1.55 bits per heavy atom. The summed E-state index contributed by atoms with van der Waals surface area (Å²) in [5.74, 6) is -2.88. The second-order valence-electron chi connectivity index (χ2n) is 19.8. The molecular weight excluding hydrogens is 1120 g/mol. The quantitative estimate of drug-likeness (QED) is 0.0143. The highest BCUT2D eigenvalue weighted by Gasteiger charge is 2.66. The van der Waals surface area contributed by atoms with Crippen LogP contribution in [0.15, 0.2) is 71.2 Å². The van der Waals surface area contributed by atoms with Crippen molar-refractivity contribution in [3.8, 4) is 23.0 Å². The van der Waals surface area contributed by atoms with Crippen LogP contribution in [-0.4, -0.2) is 145 Å². The van der Waals surface area contributed by atoms with Crippen molar-refractivity contribution in [2.45, 2.75) is 95.5 Å². The number of methoxy groups -OCH3 is 2. The van der Waals surface area contributed by atoms with Crippen LogP contribution in [0.1, 0.15) is 86.1 Å². The Kier molecular flexibility index (Phi) is 19.0. The zero-order chi connectivity index (χ0) is 58.3. The van der Waals surface area contributed by atoms with Crippen LogP contribution in [0, 0.1) is 12.8 Å². The van der Waals surface area contributed by atoms with Crippen molar-refractivity contribution in [3.63, 3.8) is 0 Å². The second kappa shape index (κ2) is 25.1. The average Bonchev–Trinajstić information content (AvgIpc) is 4.26. The van der Waals surface area contributed by atoms with Crippen molar-refractivity contribution in [3.05, 3.63) is 98.5 Å². The number of rotatable bonds is 25. The van der Waals surface area contributed by atoms with E-state index in [1.165, 1.54) is 36.2 Å². The molecule has 4 aromatic rings. The number of hydrogen-bond donors (Lipinski definition) is 3. The molecule has 3 fully saturated rings. The Balaban J connectivity index is 0.931. The van der Waals surface area contributed by atoms with Crippen molar-refractivity contribution in [1.82, 2.24) is 34.7 Å².